The number of aromatic nitrogens is 5. The summed E-state index contributed by atoms with van der Waals surface area (Å²) >= 11 is 0. The Bertz CT molecular complexity index is 2100. The molecule has 0 radical (unpaired) electrons. The third-order valence-electron chi connectivity index (χ3n) is 7.11. The van der Waals surface area contributed by atoms with Gasteiger partial charge in [0.2, 0.25) is 0 Å². The molecule has 0 aliphatic carbocycles. The number of benzene rings is 3. The van der Waals surface area contributed by atoms with Gasteiger partial charge in [-0.1, -0.05) is 24.3 Å². The van der Waals surface area contributed by atoms with Crippen LogP contribution in [0.25, 0.3) is 55.6 Å². The molecule has 204 valence electrons. The lowest BCUT2D eigenvalue weighted by molar-refractivity contribution is 0.102. The molecule has 9 heteroatoms. The van der Waals surface area contributed by atoms with Crippen molar-refractivity contribution in [1.82, 2.24) is 25.1 Å². The normalized spacial score (nSPS) is 11.2. The van der Waals surface area contributed by atoms with Crippen molar-refractivity contribution in [3.63, 3.8) is 0 Å². The second kappa shape index (κ2) is 10.3. The van der Waals surface area contributed by atoms with Crippen LogP contribution in [-0.2, 0) is 0 Å². The van der Waals surface area contributed by atoms with Crippen LogP contribution in [0.3, 0.4) is 0 Å². The number of pyridine rings is 2. The number of nitrogens with one attached hydrogen (secondary N) is 3. The minimum atomic E-state index is -0.400. The predicted molar refractivity (Wildman–Crippen MR) is 161 cm³/mol. The van der Waals surface area contributed by atoms with Gasteiger partial charge >= 0.3 is 0 Å². The van der Waals surface area contributed by atoms with Gasteiger partial charge in [-0.05, 0) is 60.2 Å². The number of aromatic amines is 2. The number of amides is 1. The fourth-order valence-electron chi connectivity index (χ4n) is 5.09. The maximum Gasteiger partial charge on any atom is 0.255 e. The fourth-order valence-corrected chi connectivity index (χ4v) is 5.09. The van der Waals surface area contributed by atoms with Crippen LogP contribution in [-0.4, -0.2) is 38.2 Å². The molecule has 8 nitrogen and oxygen atoms in total. The summed E-state index contributed by atoms with van der Waals surface area (Å²) < 4.78 is 19.6. The van der Waals surface area contributed by atoms with Crippen molar-refractivity contribution < 1.29 is 13.9 Å². The zero-order valence-electron chi connectivity index (χ0n) is 22.4. The summed E-state index contributed by atoms with van der Waals surface area (Å²) in [5.41, 5.74) is 7.40. The van der Waals surface area contributed by atoms with E-state index < -0.39 is 5.82 Å². The average Bonchev–Trinajstić information content (AvgIpc) is 3.65. The third kappa shape index (κ3) is 4.62. The highest BCUT2D eigenvalue weighted by Gasteiger charge is 2.16. The molecule has 0 saturated heterocycles. The van der Waals surface area contributed by atoms with Gasteiger partial charge in [0.05, 0.1) is 35.9 Å². The maximum absolute atomic E-state index is 14.3. The lowest BCUT2D eigenvalue weighted by atomic mass is 10.0. The third-order valence-corrected chi connectivity index (χ3v) is 7.11. The van der Waals surface area contributed by atoms with E-state index in [2.05, 4.69) is 30.5 Å². The summed E-state index contributed by atoms with van der Waals surface area (Å²) in [6, 6.07) is 25.3. The van der Waals surface area contributed by atoms with Gasteiger partial charge in [-0.3, -0.25) is 19.9 Å². The van der Waals surface area contributed by atoms with Crippen LogP contribution in [0.4, 0.5) is 10.1 Å². The molecule has 3 N–H and O–H groups in total. The summed E-state index contributed by atoms with van der Waals surface area (Å²) in [5, 5.41) is 12.4. The molecule has 0 aliphatic rings. The van der Waals surface area contributed by atoms with E-state index in [9.17, 15) is 9.18 Å². The molecular weight excluding hydrogens is 531 g/mol. The number of halogens is 1. The number of rotatable bonds is 6. The smallest absolute Gasteiger partial charge is 0.255 e. The molecule has 42 heavy (non-hydrogen) atoms. The van der Waals surface area contributed by atoms with Crippen LogP contribution in [0.1, 0.15) is 10.4 Å². The summed E-state index contributed by atoms with van der Waals surface area (Å²) in [6.07, 6.45) is 5.07. The van der Waals surface area contributed by atoms with E-state index >= 15 is 0 Å². The topological polar surface area (TPSA) is 109 Å². The first-order chi connectivity index (χ1) is 20.6. The summed E-state index contributed by atoms with van der Waals surface area (Å²) in [5.74, 6) is -0.182. The molecule has 0 spiro atoms. The van der Waals surface area contributed by atoms with Crippen molar-refractivity contribution in [3.05, 3.63) is 115 Å². The number of carbonyl (C=O) groups is 1. The second-order valence-electron chi connectivity index (χ2n) is 9.80. The Morgan fingerprint density at radius 3 is 2.55 bits per heavy atom. The van der Waals surface area contributed by atoms with Gasteiger partial charge in [0.1, 0.15) is 17.3 Å². The lowest BCUT2D eigenvalue weighted by Gasteiger charge is -2.08. The van der Waals surface area contributed by atoms with Crippen molar-refractivity contribution in [3.8, 4) is 39.5 Å². The van der Waals surface area contributed by atoms with E-state index in [4.69, 9.17) is 4.74 Å². The molecule has 0 bridgehead atoms. The van der Waals surface area contributed by atoms with Gasteiger partial charge in [-0.2, -0.15) is 5.10 Å². The van der Waals surface area contributed by atoms with Crippen LogP contribution < -0.4 is 10.1 Å². The number of anilines is 1. The van der Waals surface area contributed by atoms with Crippen molar-refractivity contribution in [2.24, 2.45) is 0 Å². The van der Waals surface area contributed by atoms with Crippen LogP contribution in [0.15, 0.2) is 104 Å². The Balaban J connectivity index is 1.25. The zero-order valence-corrected chi connectivity index (χ0v) is 22.4. The number of ether oxygens (including phenoxy) is 1. The van der Waals surface area contributed by atoms with Crippen LogP contribution in [0, 0.1) is 5.82 Å². The number of carbonyl (C=O) groups excluding carboxylic acids is 1. The molecule has 7 rings (SSSR count). The van der Waals surface area contributed by atoms with E-state index in [1.54, 1.807) is 36.8 Å². The van der Waals surface area contributed by atoms with Gasteiger partial charge in [-0.15, -0.1) is 0 Å². The number of hydrogen-bond donors (Lipinski definition) is 3. The molecule has 0 fully saturated rings. The number of methoxy groups -OCH3 is 1. The number of fused-ring (bicyclic) bond motifs is 2. The number of hydrogen-bond acceptors (Lipinski definition) is 5. The lowest BCUT2D eigenvalue weighted by Crippen LogP contribution is -2.11. The van der Waals surface area contributed by atoms with E-state index in [0.717, 1.165) is 44.3 Å². The molecule has 0 atom stereocenters. The molecular formula is C33H23FN6O2. The zero-order chi connectivity index (χ0) is 28.6. The van der Waals surface area contributed by atoms with Gasteiger partial charge < -0.3 is 15.0 Å². The van der Waals surface area contributed by atoms with Crippen LogP contribution >= 0.6 is 0 Å². The summed E-state index contributed by atoms with van der Waals surface area (Å²) in [6.45, 7) is 0. The second-order valence-corrected chi connectivity index (χ2v) is 9.80. The Hall–Kier alpha value is -5.83. The molecule has 4 heterocycles. The van der Waals surface area contributed by atoms with Gasteiger partial charge in [0.25, 0.3) is 5.91 Å². The van der Waals surface area contributed by atoms with E-state index in [0.29, 0.717) is 28.3 Å². The van der Waals surface area contributed by atoms with Crippen molar-refractivity contribution in [2.75, 3.05) is 12.4 Å². The molecule has 4 aromatic heterocycles. The highest BCUT2D eigenvalue weighted by atomic mass is 19.1. The molecule has 7 aromatic rings. The highest BCUT2D eigenvalue weighted by molar-refractivity contribution is 6.04. The van der Waals surface area contributed by atoms with Gasteiger partial charge in [-0.25, -0.2) is 4.39 Å². The first-order valence-electron chi connectivity index (χ1n) is 13.2. The quantitative estimate of drug-likeness (QED) is 0.201. The number of H-pyrrole nitrogens is 2. The monoisotopic (exact) mass is 554 g/mol. The fraction of sp³-hybridized carbons (Fsp3) is 0.0303. The van der Waals surface area contributed by atoms with Gasteiger partial charge in [0, 0.05) is 51.4 Å². The minimum absolute atomic E-state index is 0.202. The molecule has 1 amide bonds. The van der Waals surface area contributed by atoms with Crippen molar-refractivity contribution in [2.45, 2.75) is 0 Å². The summed E-state index contributed by atoms with van der Waals surface area (Å²) in [4.78, 5) is 25.0. The SMILES string of the molecule is COc1cc(F)cc(-c2nccc3[nH]c(-c4n[nH]c5ccc(-c6cncc(NC(=O)c7ccccc7)c6)cc45)cc23)c1. The Morgan fingerprint density at radius 1 is 0.833 bits per heavy atom. The molecule has 0 aliphatic heterocycles. The van der Waals surface area contributed by atoms with Gasteiger partial charge in [0.15, 0.2) is 0 Å². The predicted octanol–water partition coefficient (Wildman–Crippen LogP) is 7.24. The Morgan fingerprint density at radius 2 is 1.69 bits per heavy atom. The van der Waals surface area contributed by atoms with E-state index in [1.165, 1.54) is 19.2 Å². The molecule has 3 aromatic carbocycles. The first kappa shape index (κ1) is 25.2. The standard InChI is InChI=1S/C33H23FN6O2/c1-42-25-13-21(11-23(34)15-25)31-27-16-30(38-28(27)9-10-36-31)32-26-14-20(7-8-29(26)39-40-32)22-12-24(18-35-17-22)37-33(41)19-5-3-2-4-6-19/h2-18,38H,1H3,(H,37,41)(H,39,40). The largest absolute Gasteiger partial charge is 0.497 e. The van der Waals surface area contributed by atoms with Crippen LogP contribution in [0.2, 0.25) is 0 Å². The van der Waals surface area contributed by atoms with Crippen molar-refractivity contribution in [1.29, 1.82) is 0 Å². The Labute approximate surface area is 239 Å². The van der Waals surface area contributed by atoms with Crippen molar-refractivity contribution >= 4 is 33.4 Å². The minimum Gasteiger partial charge on any atom is -0.497 e. The van der Waals surface area contributed by atoms with Crippen LogP contribution in [0.5, 0.6) is 5.75 Å². The molecule has 0 saturated carbocycles. The highest BCUT2D eigenvalue weighted by Crippen LogP contribution is 2.35. The number of nitrogens with zero attached hydrogens (tertiary/aromatic N) is 3. The van der Waals surface area contributed by atoms with E-state index in [1.807, 2.05) is 54.6 Å². The van der Waals surface area contributed by atoms with E-state index in [-0.39, 0.29) is 5.91 Å². The maximum atomic E-state index is 14.3. The summed E-state index contributed by atoms with van der Waals surface area (Å²) in [7, 11) is 1.50. The average molecular weight is 555 g/mol. The first-order valence-corrected chi connectivity index (χ1v) is 13.2. The Kier molecular flexibility index (Phi) is 6.16. The molecule has 0 unspecified atom stereocenters.